The summed E-state index contributed by atoms with van der Waals surface area (Å²) in [7, 11) is 1.77. The highest BCUT2D eigenvalue weighted by molar-refractivity contribution is 6.31. The van der Waals surface area contributed by atoms with Gasteiger partial charge in [0.15, 0.2) is 5.82 Å². The topological polar surface area (TPSA) is 72.1 Å². The summed E-state index contributed by atoms with van der Waals surface area (Å²) in [5.41, 5.74) is 3.01. The maximum Gasteiger partial charge on any atom is 0.257 e. The molecule has 32 heavy (non-hydrogen) atoms. The van der Waals surface area contributed by atoms with E-state index in [0.717, 1.165) is 29.4 Å². The molecule has 9 heteroatoms. The Morgan fingerprint density at radius 2 is 2.00 bits per heavy atom. The van der Waals surface area contributed by atoms with Crippen LogP contribution in [-0.4, -0.2) is 36.6 Å². The summed E-state index contributed by atoms with van der Waals surface area (Å²) in [6.07, 6.45) is 7.26. The number of nitrogens with zero attached hydrogens (tertiary/aromatic N) is 7. The van der Waals surface area contributed by atoms with E-state index in [0.29, 0.717) is 39.5 Å². The van der Waals surface area contributed by atoms with Gasteiger partial charge < -0.3 is 4.90 Å². The summed E-state index contributed by atoms with van der Waals surface area (Å²) in [6.45, 7) is 0. The SMILES string of the molecule is CN(c1cccc(-c2cnc(C3CC3)cn2)c1F)c1nc2nncn2c2cc(Cl)ccc12. The lowest BCUT2D eigenvalue weighted by molar-refractivity contribution is 0.630. The van der Waals surface area contributed by atoms with Gasteiger partial charge in [0.1, 0.15) is 12.1 Å². The van der Waals surface area contributed by atoms with E-state index in [1.54, 1.807) is 59.3 Å². The molecule has 5 aromatic rings. The lowest BCUT2D eigenvalue weighted by Gasteiger charge is -2.22. The molecule has 0 saturated heterocycles. The molecule has 1 fully saturated rings. The zero-order chi connectivity index (χ0) is 21.8. The predicted molar refractivity (Wildman–Crippen MR) is 121 cm³/mol. The predicted octanol–water partition coefficient (Wildman–Crippen LogP) is 5.17. The lowest BCUT2D eigenvalue weighted by Crippen LogP contribution is -2.15. The average molecular weight is 446 g/mol. The van der Waals surface area contributed by atoms with E-state index in [1.807, 2.05) is 12.1 Å². The maximum atomic E-state index is 15.7. The molecule has 0 spiro atoms. The fraction of sp³-hybridized carbons (Fsp3) is 0.174. The van der Waals surface area contributed by atoms with Crippen LogP contribution < -0.4 is 4.90 Å². The van der Waals surface area contributed by atoms with E-state index in [2.05, 4.69) is 25.1 Å². The molecule has 3 heterocycles. The van der Waals surface area contributed by atoms with E-state index in [1.165, 1.54) is 0 Å². The molecular weight excluding hydrogens is 429 g/mol. The molecule has 3 aromatic heterocycles. The van der Waals surface area contributed by atoms with E-state index in [-0.39, 0.29) is 0 Å². The first-order valence-corrected chi connectivity index (χ1v) is 10.6. The molecule has 0 amide bonds. The van der Waals surface area contributed by atoms with E-state index >= 15 is 4.39 Å². The van der Waals surface area contributed by atoms with Gasteiger partial charge in [-0.2, -0.15) is 4.98 Å². The van der Waals surface area contributed by atoms with Crippen molar-refractivity contribution in [1.82, 2.24) is 29.5 Å². The van der Waals surface area contributed by atoms with Crippen LogP contribution in [0.3, 0.4) is 0 Å². The fourth-order valence-corrected chi connectivity index (χ4v) is 4.10. The Hall–Kier alpha value is -3.65. The third kappa shape index (κ3) is 3.06. The molecule has 158 valence electrons. The normalized spacial score (nSPS) is 13.7. The van der Waals surface area contributed by atoms with Crippen molar-refractivity contribution in [2.24, 2.45) is 0 Å². The molecule has 0 N–H and O–H groups in total. The van der Waals surface area contributed by atoms with E-state index in [4.69, 9.17) is 11.6 Å². The molecular formula is C23H17ClFN7. The van der Waals surface area contributed by atoms with Gasteiger partial charge in [-0.1, -0.05) is 17.7 Å². The molecule has 0 unspecified atom stereocenters. The smallest absolute Gasteiger partial charge is 0.257 e. The molecule has 0 bridgehead atoms. The third-order valence-electron chi connectivity index (χ3n) is 5.80. The first-order valence-electron chi connectivity index (χ1n) is 10.2. The van der Waals surface area contributed by atoms with E-state index < -0.39 is 5.82 Å². The van der Waals surface area contributed by atoms with Gasteiger partial charge in [-0.3, -0.25) is 14.4 Å². The monoisotopic (exact) mass is 445 g/mol. The standard InChI is InChI=1S/C23H17ClFN7/c1-31(22-16-8-7-14(24)9-20(16)32-12-28-30-23(32)29-22)19-4-2-3-15(21(19)25)18-11-26-17(10-27-18)13-5-6-13/h2-4,7-13H,5-6H2,1H3. The second kappa shape index (κ2) is 7.20. The highest BCUT2D eigenvalue weighted by Crippen LogP contribution is 2.39. The van der Waals surface area contributed by atoms with Crippen molar-refractivity contribution >= 4 is 39.8 Å². The Bertz CT molecular complexity index is 1480. The largest absolute Gasteiger partial charge is 0.326 e. The second-order valence-corrected chi connectivity index (χ2v) is 8.33. The fourth-order valence-electron chi connectivity index (χ4n) is 3.94. The molecule has 0 radical (unpaired) electrons. The summed E-state index contributed by atoms with van der Waals surface area (Å²) in [5.74, 6) is 1.05. The molecule has 7 nitrogen and oxygen atoms in total. The van der Waals surface area contributed by atoms with Crippen LogP contribution in [0.4, 0.5) is 15.9 Å². The molecule has 6 rings (SSSR count). The van der Waals surface area contributed by atoms with Gasteiger partial charge >= 0.3 is 0 Å². The van der Waals surface area contributed by atoms with Crippen molar-refractivity contribution in [3.05, 3.63) is 71.7 Å². The van der Waals surface area contributed by atoms with Gasteiger partial charge in [0, 0.05) is 35.1 Å². The van der Waals surface area contributed by atoms with Crippen LogP contribution in [0.2, 0.25) is 5.02 Å². The molecule has 2 aromatic carbocycles. The summed E-state index contributed by atoms with van der Waals surface area (Å²) < 4.78 is 17.4. The minimum atomic E-state index is -0.395. The zero-order valence-corrected chi connectivity index (χ0v) is 17.8. The van der Waals surface area contributed by atoms with Gasteiger partial charge in [-0.15, -0.1) is 10.2 Å². The Morgan fingerprint density at radius 1 is 1.12 bits per heavy atom. The molecule has 0 aliphatic heterocycles. The number of fused-ring (bicyclic) bond motifs is 3. The molecule has 1 saturated carbocycles. The third-order valence-corrected chi connectivity index (χ3v) is 6.03. The Morgan fingerprint density at radius 3 is 2.78 bits per heavy atom. The Labute approximate surface area is 187 Å². The van der Waals surface area contributed by atoms with Crippen LogP contribution in [0.25, 0.3) is 27.9 Å². The van der Waals surface area contributed by atoms with Gasteiger partial charge in [-0.05, 0) is 43.2 Å². The minimum Gasteiger partial charge on any atom is -0.326 e. The summed E-state index contributed by atoms with van der Waals surface area (Å²) in [5, 5.41) is 9.39. The number of halogens is 2. The molecule has 0 atom stereocenters. The van der Waals surface area contributed by atoms with Crippen molar-refractivity contribution in [2.45, 2.75) is 18.8 Å². The van der Waals surface area contributed by atoms with Crippen molar-refractivity contribution in [3.63, 3.8) is 0 Å². The number of hydrogen-bond acceptors (Lipinski definition) is 6. The summed E-state index contributed by atoms with van der Waals surface area (Å²) >= 11 is 6.22. The number of benzene rings is 2. The van der Waals surface area contributed by atoms with Gasteiger partial charge in [-0.25, -0.2) is 4.39 Å². The first kappa shape index (κ1) is 19.1. The average Bonchev–Trinajstić information content (AvgIpc) is 3.55. The maximum absolute atomic E-state index is 15.7. The van der Waals surface area contributed by atoms with E-state index in [9.17, 15) is 0 Å². The van der Waals surface area contributed by atoms with Crippen LogP contribution >= 0.6 is 11.6 Å². The van der Waals surface area contributed by atoms with Crippen LogP contribution in [0.15, 0.2) is 55.1 Å². The second-order valence-electron chi connectivity index (χ2n) is 7.90. The van der Waals surface area contributed by atoms with Crippen molar-refractivity contribution in [3.8, 4) is 11.3 Å². The Balaban J connectivity index is 1.47. The highest BCUT2D eigenvalue weighted by Gasteiger charge is 2.25. The van der Waals surface area contributed by atoms with Crippen molar-refractivity contribution in [2.75, 3.05) is 11.9 Å². The highest BCUT2D eigenvalue weighted by atomic mass is 35.5. The number of rotatable bonds is 4. The van der Waals surface area contributed by atoms with Crippen LogP contribution in [0, 0.1) is 5.82 Å². The number of aromatic nitrogens is 6. The minimum absolute atomic E-state index is 0.364. The molecule has 1 aliphatic carbocycles. The van der Waals surface area contributed by atoms with Crippen molar-refractivity contribution in [1.29, 1.82) is 0 Å². The molecule has 1 aliphatic rings. The van der Waals surface area contributed by atoms with Crippen LogP contribution in [0.1, 0.15) is 24.5 Å². The summed E-state index contributed by atoms with van der Waals surface area (Å²) in [4.78, 5) is 15.3. The van der Waals surface area contributed by atoms with Crippen molar-refractivity contribution < 1.29 is 4.39 Å². The van der Waals surface area contributed by atoms with Gasteiger partial charge in [0.25, 0.3) is 5.78 Å². The number of hydrogen-bond donors (Lipinski definition) is 0. The lowest BCUT2D eigenvalue weighted by atomic mass is 10.1. The van der Waals surface area contributed by atoms with Crippen LogP contribution in [-0.2, 0) is 0 Å². The zero-order valence-electron chi connectivity index (χ0n) is 17.1. The van der Waals surface area contributed by atoms with Crippen LogP contribution in [0.5, 0.6) is 0 Å². The number of anilines is 2. The quantitative estimate of drug-likeness (QED) is 0.380. The van der Waals surface area contributed by atoms with Gasteiger partial charge in [0.05, 0.1) is 28.8 Å². The van der Waals surface area contributed by atoms with Gasteiger partial charge in [0.2, 0.25) is 0 Å². The Kier molecular flexibility index (Phi) is 4.29. The first-order chi connectivity index (χ1) is 15.6. The summed E-state index contributed by atoms with van der Waals surface area (Å²) in [6, 6.07) is 10.7.